The number of nitrogens with one attached hydrogen (secondary N) is 2. The molecule has 0 fully saturated rings. The monoisotopic (exact) mass is 438 g/mol. The van der Waals surface area contributed by atoms with Crippen LogP contribution in [0, 0.1) is 5.82 Å². The number of hydrogen-bond donors (Lipinski definition) is 2. The molecule has 0 spiro atoms. The molecule has 0 aliphatic rings. The van der Waals surface area contributed by atoms with Crippen LogP contribution in [0.15, 0.2) is 85.8 Å². The quantitative estimate of drug-likeness (QED) is 0.363. The predicted molar refractivity (Wildman–Crippen MR) is 127 cm³/mol. The summed E-state index contributed by atoms with van der Waals surface area (Å²) >= 11 is 0. The van der Waals surface area contributed by atoms with Crippen LogP contribution in [0.2, 0.25) is 0 Å². The summed E-state index contributed by atoms with van der Waals surface area (Å²) in [7, 11) is 0. The maximum absolute atomic E-state index is 13.5. The molecule has 3 aromatic carbocycles. The van der Waals surface area contributed by atoms with Gasteiger partial charge in [0.25, 0.3) is 0 Å². The van der Waals surface area contributed by atoms with E-state index in [1.54, 1.807) is 18.3 Å². The number of carbonyl (C=O) groups excluding carboxylic acids is 1. The normalized spacial score (nSPS) is 10.9. The Morgan fingerprint density at radius 1 is 1.06 bits per heavy atom. The maximum Gasteiger partial charge on any atom is 0.247 e. The molecule has 2 heterocycles. The summed E-state index contributed by atoms with van der Waals surface area (Å²) in [6.07, 6.45) is 4.48. The third-order valence-electron chi connectivity index (χ3n) is 5.21. The van der Waals surface area contributed by atoms with Crippen molar-refractivity contribution >= 4 is 44.9 Å². The minimum Gasteiger partial charge on any atom is -0.340 e. The fourth-order valence-electron chi connectivity index (χ4n) is 3.66. The van der Waals surface area contributed by atoms with Crippen LogP contribution in [0.3, 0.4) is 0 Å². The van der Waals surface area contributed by atoms with Gasteiger partial charge in [0.05, 0.1) is 23.8 Å². The SMILES string of the molecule is C=CC(=O)Nc1ccc2ncnc(Nc3ccc4c(cnn4Cc4cccc(F)c4)c3)c2c1. The van der Waals surface area contributed by atoms with Gasteiger partial charge in [0.15, 0.2) is 0 Å². The zero-order valence-corrected chi connectivity index (χ0v) is 17.5. The minimum absolute atomic E-state index is 0.264. The molecule has 5 rings (SSSR count). The second-order valence-corrected chi connectivity index (χ2v) is 7.48. The average molecular weight is 438 g/mol. The Morgan fingerprint density at radius 3 is 2.79 bits per heavy atom. The molecule has 0 bridgehead atoms. The molecule has 0 radical (unpaired) electrons. The fraction of sp³-hybridized carbons (Fsp3) is 0.0400. The van der Waals surface area contributed by atoms with E-state index in [0.29, 0.717) is 18.1 Å². The number of hydrogen-bond acceptors (Lipinski definition) is 5. The Labute approximate surface area is 188 Å². The highest BCUT2D eigenvalue weighted by Crippen LogP contribution is 2.27. The number of amides is 1. The minimum atomic E-state index is -0.290. The first kappa shape index (κ1) is 20.3. The molecule has 0 aliphatic heterocycles. The van der Waals surface area contributed by atoms with E-state index in [2.05, 4.69) is 32.3 Å². The molecule has 0 saturated carbocycles. The lowest BCUT2D eigenvalue weighted by Crippen LogP contribution is -2.07. The number of rotatable bonds is 6. The second-order valence-electron chi connectivity index (χ2n) is 7.48. The average Bonchev–Trinajstić information content (AvgIpc) is 3.21. The Bertz CT molecular complexity index is 1510. The molecule has 1 amide bonds. The largest absolute Gasteiger partial charge is 0.340 e. The van der Waals surface area contributed by atoms with Crippen LogP contribution >= 0.6 is 0 Å². The molecule has 33 heavy (non-hydrogen) atoms. The van der Waals surface area contributed by atoms with Crippen LogP contribution in [-0.4, -0.2) is 25.7 Å². The van der Waals surface area contributed by atoms with E-state index in [4.69, 9.17) is 0 Å². The third kappa shape index (κ3) is 4.27. The highest BCUT2D eigenvalue weighted by molar-refractivity contribution is 6.01. The zero-order chi connectivity index (χ0) is 22.8. The van der Waals surface area contributed by atoms with E-state index in [1.165, 1.54) is 24.5 Å². The van der Waals surface area contributed by atoms with Gasteiger partial charge in [-0.3, -0.25) is 9.48 Å². The lowest BCUT2D eigenvalue weighted by atomic mass is 10.2. The fourth-order valence-corrected chi connectivity index (χ4v) is 3.66. The van der Waals surface area contributed by atoms with E-state index in [1.807, 2.05) is 41.1 Å². The third-order valence-corrected chi connectivity index (χ3v) is 5.21. The van der Waals surface area contributed by atoms with Gasteiger partial charge in [0.1, 0.15) is 18.0 Å². The molecule has 8 heteroatoms. The Balaban J connectivity index is 1.43. The topological polar surface area (TPSA) is 84.7 Å². The molecule has 0 atom stereocenters. The first-order valence-electron chi connectivity index (χ1n) is 10.2. The van der Waals surface area contributed by atoms with Crippen LogP contribution in [0.4, 0.5) is 21.6 Å². The number of anilines is 3. The molecule has 0 aliphatic carbocycles. The smallest absolute Gasteiger partial charge is 0.247 e. The second kappa shape index (κ2) is 8.51. The van der Waals surface area contributed by atoms with Crippen LogP contribution in [-0.2, 0) is 11.3 Å². The molecule has 2 aromatic heterocycles. The van der Waals surface area contributed by atoms with Gasteiger partial charge >= 0.3 is 0 Å². The van der Waals surface area contributed by atoms with Crippen LogP contribution in [0.1, 0.15) is 5.56 Å². The highest BCUT2D eigenvalue weighted by Gasteiger charge is 2.09. The van der Waals surface area contributed by atoms with E-state index >= 15 is 0 Å². The van der Waals surface area contributed by atoms with Crippen molar-refractivity contribution < 1.29 is 9.18 Å². The molecule has 2 N–H and O–H groups in total. The van der Waals surface area contributed by atoms with Crippen molar-refractivity contribution in [2.45, 2.75) is 6.54 Å². The molecule has 0 saturated heterocycles. The number of nitrogens with zero attached hydrogens (tertiary/aromatic N) is 4. The number of carbonyl (C=O) groups is 1. The first-order chi connectivity index (χ1) is 16.1. The van der Waals surface area contributed by atoms with Crippen LogP contribution in [0.5, 0.6) is 0 Å². The summed E-state index contributed by atoms with van der Waals surface area (Å²) in [5, 5.41) is 12.2. The number of halogens is 1. The number of aromatic nitrogens is 4. The van der Waals surface area contributed by atoms with Gasteiger partial charge < -0.3 is 10.6 Å². The summed E-state index contributed by atoms with van der Waals surface area (Å²) < 4.78 is 15.3. The van der Waals surface area contributed by atoms with Crippen molar-refractivity contribution in [2.24, 2.45) is 0 Å². The number of fused-ring (bicyclic) bond motifs is 2. The van der Waals surface area contributed by atoms with E-state index in [0.717, 1.165) is 33.1 Å². The Kier molecular flexibility index (Phi) is 5.24. The van der Waals surface area contributed by atoms with Gasteiger partial charge in [0.2, 0.25) is 5.91 Å². The van der Waals surface area contributed by atoms with Gasteiger partial charge in [-0.25, -0.2) is 14.4 Å². The van der Waals surface area contributed by atoms with E-state index < -0.39 is 0 Å². The van der Waals surface area contributed by atoms with Crippen molar-refractivity contribution in [1.29, 1.82) is 0 Å². The lowest BCUT2D eigenvalue weighted by Gasteiger charge is -2.10. The standard InChI is InChI=1S/C25H19FN6O/c1-2-24(33)30-20-6-8-22-21(12-20)25(28-15-27-22)31-19-7-9-23-17(11-19)13-29-32(23)14-16-4-3-5-18(26)10-16/h2-13,15H,1,14H2,(H,30,33)(H,27,28,31). The molecular formula is C25H19FN6O. The van der Waals surface area contributed by atoms with Gasteiger partial charge in [-0.05, 0) is 60.2 Å². The first-order valence-corrected chi connectivity index (χ1v) is 10.2. The summed E-state index contributed by atoms with van der Waals surface area (Å²) in [5.74, 6) is 0.0577. The summed E-state index contributed by atoms with van der Waals surface area (Å²) in [6.45, 7) is 3.95. The molecule has 0 unspecified atom stereocenters. The molecule has 162 valence electrons. The summed E-state index contributed by atoms with van der Waals surface area (Å²) in [6, 6.07) is 17.8. The summed E-state index contributed by atoms with van der Waals surface area (Å²) in [5.41, 5.74) is 3.97. The van der Waals surface area contributed by atoms with Crippen LogP contribution < -0.4 is 10.6 Å². The molecular weight excluding hydrogens is 419 g/mol. The van der Waals surface area contributed by atoms with Gasteiger partial charge in [-0.15, -0.1) is 0 Å². The summed E-state index contributed by atoms with van der Waals surface area (Å²) in [4.78, 5) is 20.3. The van der Waals surface area contributed by atoms with Crippen molar-refractivity contribution in [3.8, 4) is 0 Å². The van der Waals surface area contributed by atoms with E-state index in [9.17, 15) is 9.18 Å². The van der Waals surface area contributed by atoms with Crippen molar-refractivity contribution in [2.75, 3.05) is 10.6 Å². The lowest BCUT2D eigenvalue weighted by molar-refractivity contribution is -0.111. The Morgan fingerprint density at radius 2 is 1.94 bits per heavy atom. The maximum atomic E-state index is 13.5. The number of benzene rings is 3. The predicted octanol–water partition coefficient (Wildman–Crippen LogP) is 5.04. The van der Waals surface area contributed by atoms with Crippen molar-refractivity contribution in [3.63, 3.8) is 0 Å². The van der Waals surface area contributed by atoms with Gasteiger partial charge in [-0.2, -0.15) is 5.10 Å². The molecule has 7 nitrogen and oxygen atoms in total. The van der Waals surface area contributed by atoms with Crippen molar-refractivity contribution in [3.05, 3.63) is 97.2 Å². The molecule has 5 aromatic rings. The van der Waals surface area contributed by atoms with E-state index in [-0.39, 0.29) is 11.7 Å². The van der Waals surface area contributed by atoms with Gasteiger partial charge in [0, 0.05) is 22.1 Å². The van der Waals surface area contributed by atoms with Crippen LogP contribution in [0.25, 0.3) is 21.8 Å². The highest BCUT2D eigenvalue weighted by atomic mass is 19.1. The zero-order valence-electron chi connectivity index (χ0n) is 17.5. The Hall–Kier alpha value is -4.59. The van der Waals surface area contributed by atoms with Gasteiger partial charge in [-0.1, -0.05) is 18.7 Å². The van der Waals surface area contributed by atoms with Crippen molar-refractivity contribution in [1.82, 2.24) is 19.7 Å².